The van der Waals surface area contributed by atoms with Crippen LogP contribution in [0.5, 0.6) is 0 Å². The molecule has 3 N–H and O–H groups in total. The summed E-state index contributed by atoms with van der Waals surface area (Å²) in [6.45, 7) is 0.776. The summed E-state index contributed by atoms with van der Waals surface area (Å²) in [6.07, 6.45) is 4.59. The average molecular weight is 277 g/mol. The van der Waals surface area contributed by atoms with Crippen molar-refractivity contribution in [2.45, 2.75) is 6.42 Å². The van der Waals surface area contributed by atoms with E-state index in [9.17, 15) is 8.42 Å². The molecule has 0 fully saturated rings. The van der Waals surface area contributed by atoms with Crippen molar-refractivity contribution in [1.29, 1.82) is 0 Å². The molecule has 3 rings (SSSR count). The zero-order valence-electron chi connectivity index (χ0n) is 10.3. The summed E-state index contributed by atoms with van der Waals surface area (Å²) in [5, 5.41) is 6.29. The van der Waals surface area contributed by atoms with Crippen molar-refractivity contribution in [3.05, 3.63) is 42.1 Å². The highest BCUT2D eigenvalue weighted by molar-refractivity contribution is 7.86. The fourth-order valence-corrected chi connectivity index (χ4v) is 3.09. The maximum Gasteiger partial charge on any atom is 0.277 e. The maximum atomic E-state index is 11.3. The lowest BCUT2D eigenvalue weighted by atomic mass is 10.00. The summed E-state index contributed by atoms with van der Waals surface area (Å²) >= 11 is 0. The zero-order valence-corrected chi connectivity index (χ0v) is 11.2. The maximum absolute atomic E-state index is 11.3. The van der Waals surface area contributed by atoms with Gasteiger partial charge in [0.05, 0.1) is 0 Å². The molecule has 0 saturated carbocycles. The first kappa shape index (κ1) is 12.4. The molecule has 1 aromatic heterocycles. The summed E-state index contributed by atoms with van der Waals surface area (Å²) in [4.78, 5) is 3.23. The monoisotopic (exact) mass is 277 g/mol. The van der Waals surface area contributed by atoms with Gasteiger partial charge in [-0.2, -0.15) is 12.7 Å². The van der Waals surface area contributed by atoms with Gasteiger partial charge in [-0.15, -0.1) is 0 Å². The van der Waals surface area contributed by atoms with Crippen molar-refractivity contribution < 1.29 is 8.42 Å². The lowest BCUT2D eigenvalue weighted by molar-refractivity contribution is 0.442. The predicted molar refractivity (Wildman–Crippen MR) is 75.6 cm³/mol. The normalized spacial score (nSPS) is 17.6. The molecule has 1 aliphatic heterocycles. The third-order valence-corrected chi connectivity index (χ3v) is 4.52. The first-order valence-electron chi connectivity index (χ1n) is 6.09. The molecule has 0 radical (unpaired) electrons. The Labute approximate surface area is 111 Å². The van der Waals surface area contributed by atoms with Crippen molar-refractivity contribution in [3.63, 3.8) is 0 Å². The Bertz CT molecular complexity index is 746. The number of fused-ring (bicyclic) bond motifs is 1. The first-order chi connectivity index (χ1) is 9.05. The Morgan fingerprint density at radius 1 is 1.26 bits per heavy atom. The van der Waals surface area contributed by atoms with E-state index < -0.39 is 10.2 Å². The van der Waals surface area contributed by atoms with Gasteiger partial charge in [0.25, 0.3) is 10.2 Å². The summed E-state index contributed by atoms with van der Waals surface area (Å²) in [5.74, 6) is 0. The summed E-state index contributed by atoms with van der Waals surface area (Å²) < 4.78 is 23.8. The average Bonchev–Trinajstić information content (AvgIpc) is 2.82. The molecule has 0 atom stereocenters. The van der Waals surface area contributed by atoms with Crippen LogP contribution in [0.25, 0.3) is 16.5 Å². The van der Waals surface area contributed by atoms with Gasteiger partial charge in [0.15, 0.2) is 0 Å². The molecule has 0 aliphatic carbocycles. The third kappa shape index (κ3) is 2.30. The number of benzene rings is 1. The van der Waals surface area contributed by atoms with Crippen LogP contribution in [0.15, 0.2) is 36.5 Å². The Morgan fingerprint density at radius 2 is 2.05 bits per heavy atom. The molecule has 100 valence electrons. The van der Waals surface area contributed by atoms with E-state index in [-0.39, 0.29) is 0 Å². The van der Waals surface area contributed by atoms with Gasteiger partial charge in [-0.3, -0.25) is 0 Å². The highest BCUT2D eigenvalue weighted by Gasteiger charge is 2.21. The fourth-order valence-electron chi connectivity index (χ4n) is 2.46. The van der Waals surface area contributed by atoms with Crippen LogP contribution in [0.2, 0.25) is 0 Å². The van der Waals surface area contributed by atoms with Crippen molar-refractivity contribution in [2.24, 2.45) is 5.14 Å². The van der Waals surface area contributed by atoms with Crippen molar-refractivity contribution in [3.8, 4) is 0 Å². The molecule has 0 saturated heterocycles. The highest BCUT2D eigenvalue weighted by Crippen LogP contribution is 2.29. The Morgan fingerprint density at radius 3 is 2.74 bits per heavy atom. The molecule has 6 heteroatoms. The Hall–Kier alpha value is -1.63. The van der Waals surface area contributed by atoms with Gasteiger partial charge >= 0.3 is 0 Å². The molecule has 0 bridgehead atoms. The van der Waals surface area contributed by atoms with E-state index in [1.54, 1.807) is 0 Å². The van der Waals surface area contributed by atoms with Gasteiger partial charge < -0.3 is 4.98 Å². The minimum absolute atomic E-state index is 0.341. The number of nitrogens with one attached hydrogen (secondary N) is 1. The lowest BCUT2D eigenvalue weighted by Crippen LogP contribution is -2.39. The smallest absolute Gasteiger partial charge is 0.277 e. The molecule has 0 amide bonds. The van der Waals surface area contributed by atoms with E-state index in [1.807, 2.05) is 30.5 Å². The number of aromatic nitrogens is 1. The second-order valence-corrected chi connectivity index (χ2v) is 6.18. The van der Waals surface area contributed by atoms with Gasteiger partial charge in [-0.1, -0.05) is 24.3 Å². The third-order valence-electron chi connectivity index (χ3n) is 3.47. The zero-order chi connectivity index (χ0) is 13.5. The summed E-state index contributed by atoms with van der Waals surface area (Å²) in [7, 11) is -3.58. The topological polar surface area (TPSA) is 79.2 Å². The van der Waals surface area contributed by atoms with Gasteiger partial charge in [0.2, 0.25) is 0 Å². The number of rotatable bonds is 2. The second kappa shape index (κ2) is 4.48. The van der Waals surface area contributed by atoms with Gasteiger partial charge in [0.1, 0.15) is 0 Å². The number of H-pyrrole nitrogens is 1. The molecule has 5 nitrogen and oxygen atoms in total. The summed E-state index contributed by atoms with van der Waals surface area (Å²) in [5.41, 5.74) is 3.40. The van der Waals surface area contributed by atoms with Crippen LogP contribution < -0.4 is 5.14 Å². The van der Waals surface area contributed by atoms with Crippen LogP contribution in [-0.2, 0) is 10.2 Å². The molecule has 1 aliphatic rings. The fraction of sp³-hybridized carbons (Fsp3) is 0.231. The van der Waals surface area contributed by atoms with Crippen LogP contribution in [0.1, 0.15) is 12.0 Å². The molecule has 1 aromatic carbocycles. The number of aromatic amines is 1. The molecule has 2 aromatic rings. The van der Waals surface area contributed by atoms with Crippen LogP contribution in [-0.4, -0.2) is 30.8 Å². The molecule has 0 spiro atoms. The highest BCUT2D eigenvalue weighted by atomic mass is 32.2. The number of nitrogens with two attached hydrogens (primary N) is 1. The standard InChI is InChI=1S/C13H15N3O2S/c14-19(17,18)16-7-5-10(6-8-16)12-9-15-13-4-2-1-3-11(12)13/h1-5,9,15H,6-8H2,(H2,14,17,18). The van der Waals surface area contributed by atoms with Crippen LogP contribution >= 0.6 is 0 Å². The molecular weight excluding hydrogens is 262 g/mol. The molecule has 2 heterocycles. The van der Waals surface area contributed by atoms with Crippen molar-refractivity contribution >= 4 is 26.7 Å². The Kier molecular flexibility index (Phi) is 2.93. The molecule has 0 unspecified atom stereocenters. The van der Waals surface area contributed by atoms with Crippen molar-refractivity contribution in [2.75, 3.05) is 13.1 Å². The van der Waals surface area contributed by atoms with E-state index in [2.05, 4.69) is 11.1 Å². The second-order valence-electron chi connectivity index (χ2n) is 4.63. The largest absolute Gasteiger partial charge is 0.361 e. The van der Waals surface area contributed by atoms with Crippen LogP contribution in [0.3, 0.4) is 0 Å². The first-order valence-corrected chi connectivity index (χ1v) is 7.59. The van der Waals surface area contributed by atoms with Gasteiger partial charge in [-0.25, -0.2) is 5.14 Å². The van der Waals surface area contributed by atoms with E-state index in [1.165, 1.54) is 4.31 Å². The minimum atomic E-state index is -3.58. The Balaban J connectivity index is 1.94. The van der Waals surface area contributed by atoms with E-state index >= 15 is 0 Å². The lowest BCUT2D eigenvalue weighted by Gasteiger charge is -2.23. The predicted octanol–water partition coefficient (Wildman–Crippen LogP) is 1.46. The number of nitrogens with zero attached hydrogens (tertiary/aromatic N) is 1. The van der Waals surface area contributed by atoms with Gasteiger partial charge in [-0.05, 0) is 18.1 Å². The van der Waals surface area contributed by atoms with E-state index in [0.29, 0.717) is 19.5 Å². The minimum Gasteiger partial charge on any atom is -0.361 e. The van der Waals surface area contributed by atoms with E-state index in [0.717, 1.165) is 22.0 Å². The SMILES string of the molecule is NS(=O)(=O)N1CC=C(c2c[nH]c3ccccc23)CC1. The van der Waals surface area contributed by atoms with Crippen LogP contribution in [0.4, 0.5) is 0 Å². The number of hydrogen-bond donors (Lipinski definition) is 2. The summed E-state index contributed by atoms with van der Waals surface area (Å²) in [6, 6.07) is 8.08. The van der Waals surface area contributed by atoms with E-state index in [4.69, 9.17) is 5.14 Å². The van der Waals surface area contributed by atoms with Gasteiger partial charge in [0, 0.05) is 35.8 Å². The number of hydrogen-bond acceptors (Lipinski definition) is 2. The van der Waals surface area contributed by atoms with Crippen molar-refractivity contribution in [1.82, 2.24) is 9.29 Å². The quantitative estimate of drug-likeness (QED) is 0.871. The molecular formula is C13H15N3O2S. The van der Waals surface area contributed by atoms with Crippen LogP contribution in [0, 0.1) is 0 Å². The number of para-hydroxylation sites is 1. The molecule has 19 heavy (non-hydrogen) atoms.